The predicted octanol–water partition coefficient (Wildman–Crippen LogP) is 2.55. The van der Waals surface area contributed by atoms with E-state index in [4.69, 9.17) is 0 Å². The van der Waals surface area contributed by atoms with Crippen LogP contribution in [0.1, 0.15) is 36.2 Å². The summed E-state index contributed by atoms with van der Waals surface area (Å²) in [5.74, 6) is -0.0113. The maximum atomic E-state index is 11.1. The summed E-state index contributed by atoms with van der Waals surface area (Å²) in [5.41, 5.74) is 1.52. The van der Waals surface area contributed by atoms with Crippen LogP contribution in [-0.4, -0.2) is 10.9 Å². The third-order valence-electron chi connectivity index (χ3n) is 1.98. The summed E-state index contributed by atoms with van der Waals surface area (Å²) in [6.45, 7) is 3.55. The minimum Gasteiger partial charge on any atom is -0.507 e. The zero-order valence-electron chi connectivity index (χ0n) is 8.00. The molecule has 1 aromatic rings. The van der Waals surface area contributed by atoms with E-state index in [-0.39, 0.29) is 11.5 Å². The monoisotopic (exact) mass is 178 g/mol. The number of hydrogen-bond acceptors (Lipinski definition) is 2. The molecule has 0 heterocycles. The fourth-order valence-electron chi connectivity index (χ4n) is 1.31. The number of phenols is 1. The largest absolute Gasteiger partial charge is 0.507 e. The first-order valence-corrected chi connectivity index (χ1v) is 4.48. The number of hydrogen-bond donors (Lipinski definition) is 1. The number of aryl methyl sites for hydroxylation is 1. The van der Waals surface area contributed by atoms with E-state index < -0.39 is 0 Å². The van der Waals surface area contributed by atoms with Crippen molar-refractivity contribution in [2.45, 2.75) is 26.7 Å². The molecule has 0 atom stereocenters. The molecule has 1 aromatic carbocycles. The van der Waals surface area contributed by atoms with Crippen molar-refractivity contribution in [3.8, 4) is 5.75 Å². The molecule has 0 aliphatic heterocycles. The summed E-state index contributed by atoms with van der Waals surface area (Å²) < 4.78 is 0. The van der Waals surface area contributed by atoms with E-state index in [9.17, 15) is 9.90 Å². The molecule has 0 saturated carbocycles. The molecule has 0 aliphatic rings. The van der Waals surface area contributed by atoms with Crippen molar-refractivity contribution in [3.05, 3.63) is 29.3 Å². The smallest absolute Gasteiger partial charge is 0.163 e. The lowest BCUT2D eigenvalue weighted by Crippen LogP contribution is -1.94. The molecule has 70 valence electrons. The minimum absolute atomic E-state index is 0.0763. The highest BCUT2D eigenvalue weighted by atomic mass is 16.3. The van der Waals surface area contributed by atoms with Crippen LogP contribution < -0.4 is 0 Å². The minimum atomic E-state index is -0.0875. The average Bonchev–Trinajstić information content (AvgIpc) is 2.08. The van der Waals surface area contributed by atoms with E-state index in [1.807, 2.05) is 6.07 Å². The van der Waals surface area contributed by atoms with Gasteiger partial charge in [-0.3, -0.25) is 4.79 Å². The van der Waals surface area contributed by atoms with Crippen LogP contribution in [0, 0.1) is 0 Å². The van der Waals surface area contributed by atoms with Gasteiger partial charge in [-0.05, 0) is 31.0 Å². The lowest BCUT2D eigenvalue weighted by Gasteiger charge is -2.03. The lowest BCUT2D eigenvalue weighted by atomic mass is 10.0. The van der Waals surface area contributed by atoms with Gasteiger partial charge < -0.3 is 5.11 Å². The molecular formula is C11H14O2. The number of aromatic hydroxyl groups is 1. The van der Waals surface area contributed by atoms with Gasteiger partial charge in [0.1, 0.15) is 5.75 Å². The fourth-order valence-corrected chi connectivity index (χ4v) is 1.31. The van der Waals surface area contributed by atoms with Gasteiger partial charge in [0.2, 0.25) is 0 Å². The third-order valence-corrected chi connectivity index (χ3v) is 1.98. The molecule has 0 spiro atoms. The van der Waals surface area contributed by atoms with E-state index in [0.29, 0.717) is 5.56 Å². The highest BCUT2D eigenvalue weighted by Crippen LogP contribution is 2.19. The van der Waals surface area contributed by atoms with Crippen molar-refractivity contribution >= 4 is 5.78 Å². The number of ketones is 1. The second-order valence-corrected chi connectivity index (χ2v) is 3.16. The van der Waals surface area contributed by atoms with Gasteiger partial charge in [-0.2, -0.15) is 0 Å². The molecule has 0 bridgehead atoms. The molecule has 13 heavy (non-hydrogen) atoms. The predicted molar refractivity (Wildman–Crippen MR) is 52.1 cm³/mol. The lowest BCUT2D eigenvalue weighted by molar-refractivity contribution is 0.101. The maximum Gasteiger partial charge on any atom is 0.163 e. The Hall–Kier alpha value is -1.31. The van der Waals surface area contributed by atoms with E-state index in [1.165, 1.54) is 6.92 Å². The van der Waals surface area contributed by atoms with Gasteiger partial charge >= 0.3 is 0 Å². The maximum absolute atomic E-state index is 11.1. The van der Waals surface area contributed by atoms with Crippen LogP contribution in [0.5, 0.6) is 5.75 Å². The van der Waals surface area contributed by atoms with Crippen molar-refractivity contribution < 1.29 is 9.90 Å². The summed E-state index contributed by atoms with van der Waals surface area (Å²) in [6, 6.07) is 5.20. The molecule has 0 saturated heterocycles. The Kier molecular flexibility index (Phi) is 3.07. The van der Waals surface area contributed by atoms with Crippen LogP contribution in [0.2, 0.25) is 0 Å². The van der Waals surface area contributed by atoms with Gasteiger partial charge in [-0.15, -0.1) is 0 Å². The van der Waals surface area contributed by atoms with Crippen LogP contribution in [-0.2, 0) is 6.42 Å². The molecule has 0 fully saturated rings. The number of phenolic OH excluding ortho intramolecular Hbond substituents is 1. The van der Waals surface area contributed by atoms with Crippen molar-refractivity contribution in [2.24, 2.45) is 0 Å². The summed E-state index contributed by atoms with van der Waals surface area (Å²) in [4.78, 5) is 11.1. The molecule has 0 radical (unpaired) electrons. The Morgan fingerprint density at radius 3 is 2.69 bits per heavy atom. The molecule has 1 N–H and O–H groups in total. The standard InChI is InChI=1S/C11H14O2/c1-3-4-9-5-6-11(13)10(7-9)8(2)12/h5-7,13H,3-4H2,1-2H3. The van der Waals surface area contributed by atoms with Gasteiger partial charge in [-0.1, -0.05) is 19.4 Å². The van der Waals surface area contributed by atoms with Crippen LogP contribution in [0.15, 0.2) is 18.2 Å². The fraction of sp³-hybridized carbons (Fsp3) is 0.364. The van der Waals surface area contributed by atoms with Crippen molar-refractivity contribution in [3.63, 3.8) is 0 Å². The highest BCUT2D eigenvalue weighted by Gasteiger charge is 2.06. The second kappa shape index (κ2) is 4.08. The zero-order chi connectivity index (χ0) is 9.84. The molecule has 2 nitrogen and oxygen atoms in total. The quantitative estimate of drug-likeness (QED) is 0.722. The number of carbonyl (C=O) groups excluding carboxylic acids is 1. The first-order valence-electron chi connectivity index (χ1n) is 4.48. The number of Topliss-reactive ketones (excluding diaryl/α,β-unsaturated/α-hetero) is 1. The van der Waals surface area contributed by atoms with Gasteiger partial charge in [0.05, 0.1) is 5.56 Å². The van der Waals surface area contributed by atoms with Crippen LogP contribution >= 0.6 is 0 Å². The Morgan fingerprint density at radius 2 is 2.15 bits per heavy atom. The van der Waals surface area contributed by atoms with E-state index >= 15 is 0 Å². The average molecular weight is 178 g/mol. The first kappa shape index (κ1) is 9.78. The van der Waals surface area contributed by atoms with Crippen molar-refractivity contribution in [1.29, 1.82) is 0 Å². The van der Waals surface area contributed by atoms with Crippen molar-refractivity contribution in [1.82, 2.24) is 0 Å². The molecular weight excluding hydrogens is 164 g/mol. The molecule has 0 unspecified atom stereocenters. The Bertz CT molecular complexity index is 316. The van der Waals surface area contributed by atoms with Crippen LogP contribution in [0.3, 0.4) is 0 Å². The Labute approximate surface area is 78.2 Å². The summed E-state index contributed by atoms with van der Waals surface area (Å²) >= 11 is 0. The topological polar surface area (TPSA) is 37.3 Å². The Balaban J connectivity index is 3.04. The summed E-state index contributed by atoms with van der Waals surface area (Å²) in [6.07, 6.45) is 1.99. The second-order valence-electron chi connectivity index (χ2n) is 3.16. The number of rotatable bonds is 3. The van der Waals surface area contributed by atoms with Crippen LogP contribution in [0.4, 0.5) is 0 Å². The Morgan fingerprint density at radius 1 is 1.46 bits per heavy atom. The zero-order valence-corrected chi connectivity index (χ0v) is 8.00. The highest BCUT2D eigenvalue weighted by molar-refractivity contribution is 5.96. The number of benzene rings is 1. The van der Waals surface area contributed by atoms with E-state index in [1.54, 1.807) is 12.1 Å². The van der Waals surface area contributed by atoms with Gasteiger partial charge in [-0.25, -0.2) is 0 Å². The number of carbonyl (C=O) groups is 1. The summed E-state index contributed by atoms with van der Waals surface area (Å²) in [5, 5.41) is 9.35. The van der Waals surface area contributed by atoms with Gasteiger partial charge in [0.15, 0.2) is 5.78 Å². The molecule has 1 rings (SSSR count). The molecule has 0 aromatic heterocycles. The molecule has 0 aliphatic carbocycles. The molecule has 0 amide bonds. The SMILES string of the molecule is CCCc1ccc(O)c(C(C)=O)c1. The van der Waals surface area contributed by atoms with Gasteiger partial charge in [0, 0.05) is 0 Å². The van der Waals surface area contributed by atoms with E-state index in [0.717, 1.165) is 18.4 Å². The van der Waals surface area contributed by atoms with E-state index in [2.05, 4.69) is 6.92 Å². The van der Waals surface area contributed by atoms with Crippen molar-refractivity contribution in [2.75, 3.05) is 0 Å². The first-order chi connectivity index (χ1) is 6.15. The molecule has 2 heteroatoms. The summed E-state index contributed by atoms with van der Waals surface area (Å²) in [7, 11) is 0. The van der Waals surface area contributed by atoms with Crippen LogP contribution in [0.25, 0.3) is 0 Å². The normalized spacial score (nSPS) is 10.0. The van der Waals surface area contributed by atoms with Gasteiger partial charge in [0.25, 0.3) is 0 Å². The third kappa shape index (κ3) is 2.31.